The Kier molecular flexibility index (Phi) is 5.77. The zero-order chi connectivity index (χ0) is 23.4. The monoisotopic (exact) mass is 458 g/mol. The summed E-state index contributed by atoms with van der Waals surface area (Å²) in [5, 5.41) is 28.1. The van der Waals surface area contributed by atoms with Crippen LogP contribution in [0.15, 0.2) is 22.9 Å². The van der Waals surface area contributed by atoms with Crippen molar-refractivity contribution in [2.75, 3.05) is 13.2 Å². The lowest BCUT2D eigenvalue weighted by Crippen LogP contribution is -2.54. The molecule has 0 aromatic heterocycles. The number of halogens is 3. The third-order valence-electron chi connectivity index (χ3n) is 6.16. The van der Waals surface area contributed by atoms with E-state index in [1.165, 1.54) is 11.8 Å². The third kappa shape index (κ3) is 3.87. The van der Waals surface area contributed by atoms with Crippen LogP contribution in [0.4, 0.5) is 8.78 Å². The fourth-order valence-corrected chi connectivity index (χ4v) is 4.56. The summed E-state index contributed by atoms with van der Waals surface area (Å²) in [6.45, 7) is 2.81. The highest BCUT2D eigenvalue weighted by Gasteiger charge is 2.62. The van der Waals surface area contributed by atoms with E-state index in [4.69, 9.17) is 27.2 Å². The van der Waals surface area contributed by atoms with E-state index in [2.05, 4.69) is 5.32 Å². The molecule has 170 valence electrons. The Bertz CT molecular complexity index is 892. The number of likely N-dealkylation sites (tertiary alicyclic amines) is 1. The molecule has 1 saturated heterocycles. The number of amides is 2. The average Bonchev–Trinajstić information content (AvgIpc) is 3.40. The van der Waals surface area contributed by atoms with Crippen molar-refractivity contribution in [2.24, 2.45) is 16.7 Å². The van der Waals surface area contributed by atoms with Gasteiger partial charge in [-0.1, -0.05) is 23.8 Å². The lowest BCUT2D eigenvalue weighted by molar-refractivity contribution is -0.135. The molecule has 0 radical (unpaired) electrons. The summed E-state index contributed by atoms with van der Waals surface area (Å²) in [5.41, 5.74) is -2.21. The number of aliphatic hydroxyl groups is 1. The zero-order valence-corrected chi connectivity index (χ0v) is 18.1. The summed E-state index contributed by atoms with van der Waals surface area (Å²) >= 11 is 6.11. The summed E-state index contributed by atoms with van der Waals surface area (Å²) in [6, 6.07) is -0.662. The number of alkyl halides is 2. The van der Waals surface area contributed by atoms with Gasteiger partial charge in [-0.2, -0.15) is 0 Å². The van der Waals surface area contributed by atoms with Crippen molar-refractivity contribution in [3.05, 3.63) is 22.9 Å². The van der Waals surface area contributed by atoms with Gasteiger partial charge in [-0.3, -0.25) is 15.0 Å². The molecule has 31 heavy (non-hydrogen) atoms. The molecule has 4 N–H and O–H groups in total. The minimum absolute atomic E-state index is 0.0460. The van der Waals surface area contributed by atoms with Crippen LogP contribution < -0.4 is 5.32 Å². The van der Waals surface area contributed by atoms with E-state index in [0.717, 1.165) is 6.21 Å². The van der Waals surface area contributed by atoms with Gasteiger partial charge in [0.1, 0.15) is 17.7 Å². The lowest BCUT2D eigenvalue weighted by atomic mass is 9.69. The SMILES string of the molecule is CC(N1CC(C(=N)NC(=O)[C@@H](C)O)C2(C=C2)C1=O)C1(C=N)CC(Cl)=C1OCC(C)(F)F. The predicted octanol–water partition coefficient (Wildman–Crippen LogP) is 2.03. The van der Waals surface area contributed by atoms with Crippen molar-refractivity contribution < 1.29 is 28.2 Å². The van der Waals surface area contributed by atoms with Crippen LogP contribution in [0.25, 0.3) is 0 Å². The van der Waals surface area contributed by atoms with Crippen molar-refractivity contribution in [3.63, 3.8) is 0 Å². The fourth-order valence-electron chi connectivity index (χ4n) is 4.11. The maximum absolute atomic E-state index is 13.3. The van der Waals surface area contributed by atoms with Crippen LogP contribution in [0, 0.1) is 27.6 Å². The van der Waals surface area contributed by atoms with Gasteiger partial charge < -0.3 is 25.5 Å². The smallest absolute Gasteiger partial charge is 0.278 e. The number of rotatable bonds is 8. The molecule has 0 bridgehead atoms. The van der Waals surface area contributed by atoms with Crippen molar-refractivity contribution >= 4 is 35.5 Å². The van der Waals surface area contributed by atoms with Crippen LogP contribution >= 0.6 is 11.6 Å². The van der Waals surface area contributed by atoms with Crippen LogP contribution in [0.2, 0.25) is 0 Å². The Labute approximate surface area is 183 Å². The highest BCUT2D eigenvalue weighted by atomic mass is 35.5. The normalized spacial score (nSPS) is 28.3. The molecule has 2 aliphatic carbocycles. The standard InChI is InChI=1S/C20H25ClF2N4O4/c1-10(28)16(29)26-15(25)12-7-27(17(30)19(12)4-5-19)11(2)20(8-24)6-13(21)14(20)31-9-18(3,22)23/h4-5,8,10-12,24,28H,6-7,9H2,1-3H3,(H2,25,26,29)/t10-,11?,12?,20?/m1/s1. The summed E-state index contributed by atoms with van der Waals surface area (Å²) in [5.74, 6) is -5.00. The Balaban J connectivity index is 1.81. The molecular weight excluding hydrogens is 434 g/mol. The van der Waals surface area contributed by atoms with Gasteiger partial charge in [0.15, 0.2) is 6.61 Å². The molecule has 1 aliphatic heterocycles. The molecule has 11 heteroatoms. The largest absolute Gasteiger partial charge is 0.489 e. The first kappa shape index (κ1) is 23.3. The van der Waals surface area contributed by atoms with Gasteiger partial charge in [0.2, 0.25) is 5.91 Å². The number of ether oxygens (including phenoxy) is 1. The topological polar surface area (TPSA) is 127 Å². The average molecular weight is 459 g/mol. The first-order valence-corrected chi connectivity index (χ1v) is 10.2. The molecule has 8 nitrogen and oxygen atoms in total. The van der Waals surface area contributed by atoms with E-state index in [0.29, 0.717) is 6.92 Å². The number of amidine groups is 1. The molecule has 1 fully saturated rings. The first-order chi connectivity index (χ1) is 14.3. The molecule has 1 spiro atoms. The third-order valence-corrected chi connectivity index (χ3v) is 6.46. The van der Waals surface area contributed by atoms with Crippen LogP contribution in [0.3, 0.4) is 0 Å². The van der Waals surface area contributed by atoms with Crippen molar-refractivity contribution in [1.82, 2.24) is 10.2 Å². The molecule has 4 atom stereocenters. The van der Waals surface area contributed by atoms with E-state index in [9.17, 15) is 23.5 Å². The second-order valence-electron chi connectivity index (χ2n) is 8.49. The van der Waals surface area contributed by atoms with E-state index in [-0.39, 0.29) is 35.5 Å². The van der Waals surface area contributed by atoms with E-state index >= 15 is 0 Å². The van der Waals surface area contributed by atoms with Gasteiger partial charge in [0, 0.05) is 32.1 Å². The van der Waals surface area contributed by atoms with Gasteiger partial charge in [-0.25, -0.2) is 8.78 Å². The zero-order valence-electron chi connectivity index (χ0n) is 17.3. The minimum atomic E-state index is -3.09. The summed E-state index contributed by atoms with van der Waals surface area (Å²) < 4.78 is 31.9. The fraction of sp³-hybridized carbons (Fsp3) is 0.600. The van der Waals surface area contributed by atoms with E-state index in [1.807, 2.05) is 0 Å². The second-order valence-corrected chi connectivity index (χ2v) is 8.94. The number of allylic oxidation sites excluding steroid dienone is 1. The van der Waals surface area contributed by atoms with E-state index < -0.39 is 47.3 Å². The van der Waals surface area contributed by atoms with Gasteiger partial charge >= 0.3 is 0 Å². The molecule has 3 rings (SSSR count). The molecule has 3 unspecified atom stereocenters. The summed E-state index contributed by atoms with van der Waals surface area (Å²) in [4.78, 5) is 26.4. The van der Waals surface area contributed by atoms with Crippen LogP contribution in [0.5, 0.6) is 0 Å². The highest BCUT2D eigenvalue weighted by Crippen LogP contribution is 2.56. The van der Waals surface area contributed by atoms with Crippen molar-refractivity contribution in [2.45, 2.75) is 45.3 Å². The minimum Gasteiger partial charge on any atom is -0.489 e. The van der Waals surface area contributed by atoms with Gasteiger partial charge in [-0.05, 0) is 13.8 Å². The van der Waals surface area contributed by atoms with Crippen LogP contribution in [-0.2, 0) is 14.3 Å². The molecule has 0 saturated carbocycles. The number of aliphatic hydroxyl groups excluding tert-OH is 1. The number of hydrogen-bond acceptors (Lipinski definition) is 6. The maximum Gasteiger partial charge on any atom is 0.278 e. The van der Waals surface area contributed by atoms with E-state index in [1.54, 1.807) is 19.1 Å². The van der Waals surface area contributed by atoms with Crippen molar-refractivity contribution in [1.29, 1.82) is 10.8 Å². The predicted molar refractivity (Wildman–Crippen MR) is 109 cm³/mol. The number of nitrogens with zero attached hydrogens (tertiary/aromatic N) is 1. The Morgan fingerprint density at radius 2 is 2.13 bits per heavy atom. The summed E-state index contributed by atoms with van der Waals surface area (Å²) in [6.07, 6.45) is 3.20. The Morgan fingerprint density at radius 3 is 2.58 bits per heavy atom. The number of carbonyl (C=O) groups is 2. The van der Waals surface area contributed by atoms with Gasteiger partial charge in [0.05, 0.1) is 21.8 Å². The highest BCUT2D eigenvalue weighted by molar-refractivity contribution is 6.31. The Morgan fingerprint density at radius 1 is 1.52 bits per heavy atom. The molecule has 0 aromatic rings. The second kappa shape index (κ2) is 7.67. The van der Waals surface area contributed by atoms with Gasteiger partial charge in [-0.15, -0.1) is 0 Å². The molecule has 0 aromatic carbocycles. The van der Waals surface area contributed by atoms with Crippen LogP contribution in [0.1, 0.15) is 27.2 Å². The molecule has 1 heterocycles. The molecular formula is C20H25ClF2N4O4. The van der Waals surface area contributed by atoms with Gasteiger partial charge in [0.25, 0.3) is 11.8 Å². The number of nitrogens with one attached hydrogen (secondary N) is 3. The summed E-state index contributed by atoms with van der Waals surface area (Å²) in [7, 11) is 0. The van der Waals surface area contributed by atoms with Crippen molar-refractivity contribution in [3.8, 4) is 0 Å². The molecule has 3 aliphatic rings. The van der Waals surface area contributed by atoms with Crippen LogP contribution in [-0.4, -0.2) is 65.1 Å². The quantitative estimate of drug-likeness (QED) is 0.252. The Hall–Kier alpha value is -2.33. The molecule has 2 amide bonds. The first-order valence-electron chi connectivity index (χ1n) is 9.79. The number of hydrogen-bond donors (Lipinski definition) is 4. The lowest BCUT2D eigenvalue weighted by Gasteiger charge is -2.47. The number of carbonyl (C=O) groups excluding carboxylic acids is 2. The maximum atomic E-state index is 13.3.